The maximum atomic E-state index is 14.6. The Labute approximate surface area is 180 Å². The van der Waals surface area contributed by atoms with Crippen LogP contribution >= 0.6 is 0 Å². The van der Waals surface area contributed by atoms with E-state index in [2.05, 4.69) is 0 Å². The maximum absolute atomic E-state index is 14.6. The third-order valence-electron chi connectivity index (χ3n) is 6.14. The van der Waals surface area contributed by atoms with Gasteiger partial charge in [0.15, 0.2) is 23.3 Å². The summed E-state index contributed by atoms with van der Waals surface area (Å²) in [7, 11) is 0. The van der Waals surface area contributed by atoms with Gasteiger partial charge in [0.05, 0.1) is 0 Å². The Balaban J connectivity index is 1.54. The number of halogens is 4. The van der Waals surface area contributed by atoms with Crippen LogP contribution < -0.4 is 0 Å². The van der Waals surface area contributed by atoms with Crippen LogP contribution in [0.3, 0.4) is 0 Å². The van der Waals surface area contributed by atoms with E-state index in [-0.39, 0.29) is 22.6 Å². The first-order valence-electron chi connectivity index (χ1n) is 10.7. The minimum absolute atomic E-state index is 0.0980. The smallest absolute Gasteiger partial charge is 0.166 e. The number of benzene rings is 3. The van der Waals surface area contributed by atoms with E-state index >= 15 is 0 Å². The van der Waals surface area contributed by atoms with Crippen LogP contribution in [0.2, 0.25) is 0 Å². The van der Waals surface area contributed by atoms with Crippen LogP contribution in [0.1, 0.15) is 60.3 Å². The first-order valence-corrected chi connectivity index (χ1v) is 10.7. The van der Waals surface area contributed by atoms with Gasteiger partial charge >= 0.3 is 0 Å². The van der Waals surface area contributed by atoms with E-state index in [1.165, 1.54) is 19.1 Å². The molecule has 1 aliphatic rings. The van der Waals surface area contributed by atoms with Gasteiger partial charge in [0, 0.05) is 11.1 Å². The molecule has 0 heterocycles. The average molecular weight is 424 g/mol. The van der Waals surface area contributed by atoms with Crippen LogP contribution in [-0.2, 0) is 0 Å². The summed E-state index contributed by atoms with van der Waals surface area (Å²) in [5, 5.41) is 0. The second kappa shape index (κ2) is 9.09. The number of hydrogen-bond acceptors (Lipinski definition) is 0. The Morgan fingerprint density at radius 1 is 0.677 bits per heavy atom. The Morgan fingerprint density at radius 2 is 1.39 bits per heavy atom. The topological polar surface area (TPSA) is 0 Å². The molecule has 0 nitrogen and oxygen atoms in total. The molecule has 0 unspecified atom stereocenters. The van der Waals surface area contributed by atoms with E-state index in [1.54, 1.807) is 48.5 Å². The average Bonchev–Trinajstić information content (AvgIpc) is 2.80. The van der Waals surface area contributed by atoms with Gasteiger partial charge in [0.1, 0.15) is 0 Å². The first-order chi connectivity index (χ1) is 15.0. The van der Waals surface area contributed by atoms with Gasteiger partial charge in [-0.3, -0.25) is 0 Å². The lowest BCUT2D eigenvalue weighted by Crippen LogP contribution is -2.08. The summed E-state index contributed by atoms with van der Waals surface area (Å²) in [6.45, 7) is 1.51. The van der Waals surface area contributed by atoms with E-state index in [1.807, 2.05) is 0 Å². The molecular weight excluding hydrogens is 400 g/mol. The summed E-state index contributed by atoms with van der Waals surface area (Å²) in [5.74, 6) is -3.20. The fraction of sp³-hybridized carbons (Fsp3) is 0.259. The predicted molar refractivity (Wildman–Crippen MR) is 118 cm³/mol. The van der Waals surface area contributed by atoms with Crippen molar-refractivity contribution in [3.05, 3.63) is 94.1 Å². The highest BCUT2D eigenvalue weighted by atomic mass is 19.2. The van der Waals surface area contributed by atoms with Crippen molar-refractivity contribution in [2.75, 3.05) is 0 Å². The molecule has 1 aliphatic carbocycles. The third-order valence-corrected chi connectivity index (χ3v) is 6.14. The van der Waals surface area contributed by atoms with Gasteiger partial charge in [-0.2, -0.15) is 0 Å². The van der Waals surface area contributed by atoms with E-state index in [4.69, 9.17) is 0 Å². The minimum atomic E-state index is -0.876. The van der Waals surface area contributed by atoms with Crippen molar-refractivity contribution in [1.29, 1.82) is 0 Å². The van der Waals surface area contributed by atoms with E-state index in [9.17, 15) is 17.6 Å². The Bertz CT molecular complexity index is 1110. The second-order valence-electron chi connectivity index (χ2n) is 8.22. The molecule has 1 saturated carbocycles. The van der Waals surface area contributed by atoms with E-state index in [0.29, 0.717) is 11.1 Å². The Kier molecular flexibility index (Phi) is 6.26. The number of rotatable bonds is 4. The SMILES string of the molecule is Cc1ccc(-c2ccc(/C=C/c3ccc(C4CCCCC4)c(F)c3F)cc2)c(F)c1F. The van der Waals surface area contributed by atoms with Crippen molar-refractivity contribution in [2.45, 2.75) is 44.9 Å². The molecule has 3 aromatic rings. The van der Waals surface area contributed by atoms with Crippen LogP contribution in [0.25, 0.3) is 23.3 Å². The van der Waals surface area contributed by atoms with Crippen LogP contribution in [0.5, 0.6) is 0 Å². The van der Waals surface area contributed by atoms with E-state index in [0.717, 1.165) is 37.7 Å². The summed E-state index contributed by atoms with van der Waals surface area (Å²) in [4.78, 5) is 0. The van der Waals surface area contributed by atoms with E-state index < -0.39 is 23.3 Å². The lowest BCUT2D eigenvalue weighted by molar-refractivity contribution is 0.417. The fourth-order valence-corrected chi connectivity index (χ4v) is 4.27. The molecule has 3 aromatic carbocycles. The van der Waals surface area contributed by atoms with Crippen molar-refractivity contribution >= 4 is 12.2 Å². The van der Waals surface area contributed by atoms with Crippen LogP contribution in [0.15, 0.2) is 48.5 Å². The molecule has 160 valence electrons. The maximum Gasteiger partial charge on any atom is 0.166 e. The molecule has 1 fully saturated rings. The zero-order valence-corrected chi connectivity index (χ0v) is 17.4. The van der Waals surface area contributed by atoms with Crippen molar-refractivity contribution in [1.82, 2.24) is 0 Å². The quantitative estimate of drug-likeness (QED) is 0.291. The molecule has 0 bridgehead atoms. The van der Waals surface area contributed by atoms with Crippen LogP contribution in [-0.4, -0.2) is 0 Å². The molecule has 4 rings (SSSR count). The zero-order valence-electron chi connectivity index (χ0n) is 17.4. The van der Waals surface area contributed by atoms with Gasteiger partial charge in [-0.1, -0.05) is 79.9 Å². The highest BCUT2D eigenvalue weighted by Crippen LogP contribution is 2.35. The molecule has 4 heteroatoms. The molecule has 0 saturated heterocycles. The highest BCUT2D eigenvalue weighted by molar-refractivity contribution is 5.72. The molecule has 0 aliphatic heterocycles. The summed E-state index contributed by atoms with van der Waals surface area (Å²) < 4.78 is 57.3. The molecule has 0 atom stereocenters. The summed E-state index contributed by atoms with van der Waals surface area (Å²) in [6.07, 6.45) is 8.29. The minimum Gasteiger partial charge on any atom is -0.203 e. The van der Waals surface area contributed by atoms with Gasteiger partial charge in [0.2, 0.25) is 0 Å². The Hall–Kier alpha value is -2.88. The van der Waals surface area contributed by atoms with Crippen molar-refractivity contribution in [2.24, 2.45) is 0 Å². The summed E-state index contributed by atoms with van der Waals surface area (Å²) in [5.41, 5.74) is 2.39. The zero-order chi connectivity index (χ0) is 22.0. The second-order valence-corrected chi connectivity index (χ2v) is 8.22. The monoisotopic (exact) mass is 424 g/mol. The van der Waals surface area contributed by atoms with Crippen LogP contribution in [0.4, 0.5) is 17.6 Å². The fourth-order valence-electron chi connectivity index (χ4n) is 4.27. The molecular formula is C27H24F4. The molecule has 0 spiro atoms. The molecule has 31 heavy (non-hydrogen) atoms. The molecule has 0 radical (unpaired) electrons. The molecule has 0 N–H and O–H groups in total. The standard InChI is InChI=1S/C27H24F4/c1-17-7-15-22(26(30)24(17)28)20-11-8-18(9-12-20)10-13-21-14-16-23(27(31)25(21)29)19-5-3-2-4-6-19/h7-16,19H,2-6H2,1H3/b13-10+. The van der Waals surface area contributed by atoms with Gasteiger partial charge in [-0.15, -0.1) is 0 Å². The van der Waals surface area contributed by atoms with Gasteiger partial charge in [-0.25, -0.2) is 17.6 Å². The van der Waals surface area contributed by atoms with Gasteiger partial charge < -0.3 is 0 Å². The van der Waals surface area contributed by atoms with Crippen molar-refractivity contribution in [3.8, 4) is 11.1 Å². The van der Waals surface area contributed by atoms with Crippen LogP contribution in [0, 0.1) is 30.2 Å². The third kappa shape index (κ3) is 4.43. The van der Waals surface area contributed by atoms with Crippen molar-refractivity contribution in [3.63, 3.8) is 0 Å². The number of hydrogen-bond donors (Lipinski definition) is 0. The Morgan fingerprint density at radius 3 is 2.10 bits per heavy atom. The normalized spacial score (nSPS) is 15.0. The number of aryl methyl sites for hydroxylation is 1. The summed E-state index contributed by atoms with van der Waals surface area (Å²) in [6, 6.07) is 13.2. The largest absolute Gasteiger partial charge is 0.203 e. The first kappa shape index (κ1) is 21.4. The molecule has 0 amide bonds. The highest BCUT2D eigenvalue weighted by Gasteiger charge is 2.21. The lowest BCUT2D eigenvalue weighted by Gasteiger charge is -2.22. The van der Waals surface area contributed by atoms with Gasteiger partial charge in [-0.05, 0) is 47.9 Å². The molecule has 0 aromatic heterocycles. The summed E-state index contributed by atoms with van der Waals surface area (Å²) >= 11 is 0. The van der Waals surface area contributed by atoms with Gasteiger partial charge in [0.25, 0.3) is 0 Å². The predicted octanol–water partition coefficient (Wildman–Crippen LogP) is 8.44. The lowest BCUT2D eigenvalue weighted by atomic mass is 9.83. The van der Waals surface area contributed by atoms with Crippen molar-refractivity contribution < 1.29 is 17.6 Å².